The van der Waals surface area contributed by atoms with Gasteiger partial charge >= 0.3 is 0 Å². The summed E-state index contributed by atoms with van der Waals surface area (Å²) < 4.78 is 5.52. The first-order valence-corrected chi connectivity index (χ1v) is 7.06. The summed E-state index contributed by atoms with van der Waals surface area (Å²) >= 11 is 1.89. The van der Waals surface area contributed by atoms with Crippen LogP contribution in [0.3, 0.4) is 0 Å². The highest BCUT2D eigenvalue weighted by molar-refractivity contribution is 7.10. The zero-order chi connectivity index (χ0) is 11.0. The van der Waals surface area contributed by atoms with E-state index in [1.54, 1.807) is 0 Å². The van der Waals surface area contributed by atoms with Gasteiger partial charge in [0.05, 0.1) is 18.6 Å². The van der Waals surface area contributed by atoms with Crippen molar-refractivity contribution in [3.8, 4) is 0 Å². The standard InChI is InChI=1S/C13H19NOS/c14-11-5-3-10(4-6-11)13(8-15-9-13)12-2-1-7-16-12/h1-2,7,10-11H,3-6,8-9,14H2. The van der Waals surface area contributed by atoms with Crippen molar-refractivity contribution in [2.24, 2.45) is 11.7 Å². The van der Waals surface area contributed by atoms with Gasteiger partial charge in [0.1, 0.15) is 0 Å². The van der Waals surface area contributed by atoms with Gasteiger partial charge in [-0.15, -0.1) is 11.3 Å². The Morgan fingerprint density at radius 1 is 1.25 bits per heavy atom. The van der Waals surface area contributed by atoms with E-state index >= 15 is 0 Å². The number of ether oxygens (including phenoxy) is 1. The van der Waals surface area contributed by atoms with Gasteiger partial charge in [0, 0.05) is 10.9 Å². The second kappa shape index (κ2) is 4.13. The third kappa shape index (κ3) is 1.62. The summed E-state index contributed by atoms with van der Waals surface area (Å²) in [5, 5.41) is 2.18. The molecular weight excluding hydrogens is 218 g/mol. The van der Waals surface area contributed by atoms with Crippen LogP contribution in [0.15, 0.2) is 17.5 Å². The van der Waals surface area contributed by atoms with Crippen LogP contribution < -0.4 is 5.73 Å². The molecule has 0 aromatic carbocycles. The molecule has 1 aliphatic carbocycles. The van der Waals surface area contributed by atoms with Crippen molar-refractivity contribution in [1.82, 2.24) is 0 Å². The zero-order valence-electron chi connectivity index (χ0n) is 9.52. The minimum absolute atomic E-state index is 0.342. The normalized spacial score (nSPS) is 33.3. The van der Waals surface area contributed by atoms with Crippen LogP contribution in [0.1, 0.15) is 30.6 Å². The van der Waals surface area contributed by atoms with E-state index in [1.165, 1.54) is 30.6 Å². The Balaban J connectivity index is 1.80. The first-order valence-electron chi connectivity index (χ1n) is 6.18. The van der Waals surface area contributed by atoms with Crippen LogP contribution in [0.2, 0.25) is 0 Å². The predicted molar refractivity (Wildman–Crippen MR) is 66.7 cm³/mol. The van der Waals surface area contributed by atoms with E-state index in [9.17, 15) is 0 Å². The SMILES string of the molecule is NC1CCC(C2(c3cccs3)COC2)CC1. The number of rotatable bonds is 2. The van der Waals surface area contributed by atoms with E-state index in [0.29, 0.717) is 11.5 Å². The molecule has 1 saturated carbocycles. The van der Waals surface area contributed by atoms with Crippen LogP contribution in [0.4, 0.5) is 0 Å². The Kier molecular flexibility index (Phi) is 2.78. The largest absolute Gasteiger partial charge is 0.379 e. The number of nitrogens with two attached hydrogens (primary N) is 1. The van der Waals surface area contributed by atoms with E-state index < -0.39 is 0 Å². The van der Waals surface area contributed by atoms with Gasteiger partial charge in [-0.05, 0) is 43.0 Å². The molecule has 2 nitrogen and oxygen atoms in total. The van der Waals surface area contributed by atoms with Gasteiger partial charge in [-0.3, -0.25) is 0 Å². The van der Waals surface area contributed by atoms with Crippen molar-refractivity contribution < 1.29 is 4.74 Å². The number of hydrogen-bond donors (Lipinski definition) is 1. The molecule has 0 amide bonds. The van der Waals surface area contributed by atoms with Crippen LogP contribution in [0.5, 0.6) is 0 Å². The van der Waals surface area contributed by atoms with Gasteiger partial charge in [0.15, 0.2) is 0 Å². The summed E-state index contributed by atoms with van der Waals surface area (Å²) in [4.78, 5) is 1.53. The third-order valence-corrected chi connectivity index (χ3v) is 5.37. The van der Waals surface area contributed by atoms with Gasteiger partial charge in [-0.1, -0.05) is 6.07 Å². The average molecular weight is 237 g/mol. The fourth-order valence-electron chi connectivity index (χ4n) is 3.13. The Labute approximate surface area is 101 Å². The van der Waals surface area contributed by atoms with Gasteiger partial charge < -0.3 is 10.5 Å². The van der Waals surface area contributed by atoms with Crippen molar-refractivity contribution in [2.75, 3.05) is 13.2 Å². The molecule has 0 atom stereocenters. The monoisotopic (exact) mass is 237 g/mol. The smallest absolute Gasteiger partial charge is 0.0596 e. The van der Waals surface area contributed by atoms with Crippen LogP contribution in [-0.4, -0.2) is 19.3 Å². The molecule has 2 fully saturated rings. The first-order chi connectivity index (χ1) is 7.81. The van der Waals surface area contributed by atoms with Gasteiger partial charge in [-0.2, -0.15) is 0 Å². The minimum Gasteiger partial charge on any atom is -0.379 e. The lowest BCUT2D eigenvalue weighted by atomic mass is 9.66. The number of hydrogen-bond acceptors (Lipinski definition) is 3. The molecule has 0 unspecified atom stereocenters. The van der Waals surface area contributed by atoms with Crippen molar-refractivity contribution in [3.63, 3.8) is 0 Å². The Morgan fingerprint density at radius 3 is 2.50 bits per heavy atom. The summed E-state index contributed by atoms with van der Waals surface area (Å²) in [5.74, 6) is 0.791. The lowest BCUT2D eigenvalue weighted by molar-refractivity contribution is -0.0965. The minimum atomic E-state index is 0.342. The van der Waals surface area contributed by atoms with Crippen molar-refractivity contribution in [3.05, 3.63) is 22.4 Å². The number of thiophene rings is 1. The van der Waals surface area contributed by atoms with E-state index in [1.807, 2.05) is 11.3 Å². The molecule has 3 rings (SSSR count). The topological polar surface area (TPSA) is 35.2 Å². The van der Waals surface area contributed by atoms with E-state index in [-0.39, 0.29) is 0 Å². The van der Waals surface area contributed by atoms with Crippen molar-refractivity contribution >= 4 is 11.3 Å². The maximum Gasteiger partial charge on any atom is 0.0596 e. The molecule has 1 saturated heterocycles. The summed E-state index contributed by atoms with van der Waals surface area (Å²) in [5.41, 5.74) is 6.33. The van der Waals surface area contributed by atoms with Crippen molar-refractivity contribution in [2.45, 2.75) is 37.1 Å². The first kappa shape index (κ1) is 10.8. The van der Waals surface area contributed by atoms with E-state index in [0.717, 1.165) is 19.1 Å². The highest BCUT2D eigenvalue weighted by Gasteiger charge is 2.48. The molecule has 3 heteroatoms. The maximum absolute atomic E-state index is 5.99. The molecule has 0 spiro atoms. The van der Waals surface area contributed by atoms with Crippen LogP contribution >= 0.6 is 11.3 Å². The van der Waals surface area contributed by atoms with Crippen molar-refractivity contribution in [1.29, 1.82) is 0 Å². The van der Waals surface area contributed by atoms with Crippen LogP contribution in [0.25, 0.3) is 0 Å². The average Bonchev–Trinajstić information content (AvgIpc) is 2.73. The van der Waals surface area contributed by atoms with Gasteiger partial charge in [0.2, 0.25) is 0 Å². The van der Waals surface area contributed by atoms with Crippen LogP contribution in [0, 0.1) is 5.92 Å². The van der Waals surface area contributed by atoms with E-state index in [2.05, 4.69) is 17.5 Å². The lowest BCUT2D eigenvalue weighted by Gasteiger charge is -2.48. The molecule has 1 aliphatic heterocycles. The molecule has 0 bridgehead atoms. The zero-order valence-corrected chi connectivity index (χ0v) is 10.3. The Bertz CT molecular complexity index is 337. The summed E-state index contributed by atoms with van der Waals surface area (Å²) in [6, 6.07) is 4.88. The van der Waals surface area contributed by atoms with E-state index in [4.69, 9.17) is 10.5 Å². The summed E-state index contributed by atoms with van der Waals surface area (Å²) in [6.07, 6.45) is 4.94. The quantitative estimate of drug-likeness (QED) is 0.858. The fourth-order valence-corrected chi connectivity index (χ4v) is 4.11. The van der Waals surface area contributed by atoms with Crippen LogP contribution in [-0.2, 0) is 10.2 Å². The molecular formula is C13H19NOS. The maximum atomic E-state index is 5.99. The fraction of sp³-hybridized carbons (Fsp3) is 0.692. The second-order valence-electron chi connectivity index (χ2n) is 5.24. The molecule has 88 valence electrons. The molecule has 2 heterocycles. The Hall–Kier alpha value is -0.380. The molecule has 16 heavy (non-hydrogen) atoms. The summed E-state index contributed by atoms with van der Waals surface area (Å²) in [6.45, 7) is 1.85. The lowest BCUT2D eigenvalue weighted by Crippen LogP contribution is -2.53. The highest BCUT2D eigenvalue weighted by Crippen LogP contribution is 2.47. The molecule has 1 aromatic heterocycles. The van der Waals surface area contributed by atoms with Gasteiger partial charge in [0.25, 0.3) is 0 Å². The molecule has 2 aliphatic rings. The third-order valence-electron chi connectivity index (χ3n) is 4.28. The molecule has 1 aromatic rings. The Morgan fingerprint density at radius 2 is 2.00 bits per heavy atom. The molecule has 2 N–H and O–H groups in total. The predicted octanol–water partition coefficient (Wildman–Crippen LogP) is 2.53. The molecule has 0 radical (unpaired) electrons. The van der Waals surface area contributed by atoms with Gasteiger partial charge in [-0.25, -0.2) is 0 Å². The summed E-state index contributed by atoms with van der Waals surface area (Å²) in [7, 11) is 0. The second-order valence-corrected chi connectivity index (χ2v) is 6.19. The highest BCUT2D eigenvalue weighted by atomic mass is 32.1.